The van der Waals surface area contributed by atoms with Gasteiger partial charge in [-0.15, -0.1) is 0 Å². The predicted octanol–water partition coefficient (Wildman–Crippen LogP) is 6.61. The molecular weight excluding hydrogens is 498 g/mol. The molecule has 3 aromatic rings. The van der Waals surface area contributed by atoms with E-state index in [1.165, 1.54) is 6.07 Å². The van der Waals surface area contributed by atoms with E-state index in [1.54, 1.807) is 12.1 Å². The monoisotopic (exact) mass is 537 g/mol. The van der Waals surface area contributed by atoms with Gasteiger partial charge in [0.1, 0.15) is 35.1 Å². The van der Waals surface area contributed by atoms with Crippen LogP contribution < -0.4 is 9.47 Å². The summed E-state index contributed by atoms with van der Waals surface area (Å²) in [7, 11) is 0. The van der Waals surface area contributed by atoms with Crippen LogP contribution in [0.4, 0.5) is 0 Å². The molecule has 1 N–H and O–H groups in total. The molecule has 0 saturated heterocycles. The maximum absolute atomic E-state index is 11.6. The van der Waals surface area contributed by atoms with E-state index in [2.05, 4.69) is 24.9 Å². The van der Waals surface area contributed by atoms with E-state index >= 15 is 0 Å². The van der Waals surface area contributed by atoms with Crippen molar-refractivity contribution in [3.63, 3.8) is 0 Å². The van der Waals surface area contributed by atoms with Gasteiger partial charge in [0.15, 0.2) is 0 Å². The van der Waals surface area contributed by atoms with Crippen LogP contribution in [-0.2, 0) is 16.1 Å². The Kier molecular flexibility index (Phi) is 10.0. The number of benzene rings is 2. The number of carboxylic acid groups (broad SMARTS) is 1. The molecule has 8 heteroatoms. The minimum atomic E-state index is -1.04. The predicted molar refractivity (Wildman–Crippen MR) is 147 cm³/mol. The Bertz CT molecular complexity index is 1240. The molecule has 1 saturated carbocycles. The van der Waals surface area contributed by atoms with Crippen LogP contribution >= 0.6 is 0 Å². The summed E-state index contributed by atoms with van der Waals surface area (Å²) in [5, 5.41) is 9.51. The van der Waals surface area contributed by atoms with Crippen LogP contribution in [0.3, 0.4) is 0 Å². The topological polar surface area (TPSA) is 100 Å². The summed E-state index contributed by atoms with van der Waals surface area (Å²) in [4.78, 5) is 16.3. The van der Waals surface area contributed by atoms with Gasteiger partial charge in [-0.1, -0.05) is 31.5 Å². The summed E-state index contributed by atoms with van der Waals surface area (Å²) in [5.41, 5.74) is 3.04. The zero-order chi connectivity index (χ0) is 27.8. The van der Waals surface area contributed by atoms with Crippen LogP contribution in [0, 0.1) is 19.8 Å². The highest BCUT2D eigenvalue weighted by Crippen LogP contribution is 2.28. The van der Waals surface area contributed by atoms with Crippen molar-refractivity contribution >= 4 is 5.97 Å². The van der Waals surface area contributed by atoms with Crippen molar-refractivity contribution in [2.45, 2.75) is 72.2 Å². The number of aromatic carboxylic acids is 1. The van der Waals surface area contributed by atoms with Crippen LogP contribution in [0.2, 0.25) is 0 Å². The third-order valence-electron chi connectivity index (χ3n) is 6.65. The number of hydrogen-bond donors (Lipinski definition) is 1. The van der Waals surface area contributed by atoms with E-state index in [4.69, 9.17) is 23.4 Å². The summed E-state index contributed by atoms with van der Waals surface area (Å²) in [5.74, 6) is 1.58. The third-order valence-corrected chi connectivity index (χ3v) is 6.65. The molecular formula is C31H39NO7. The zero-order valence-electron chi connectivity index (χ0n) is 23.3. The number of carboxylic acids is 1. The minimum Gasteiger partial charge on any atom is -0.493 e. The molecule has 0 unspecified atom stereocenters. The summed E-state index contributed by atoms with van der Waals surface area (Å²) in [6.45, 7) is 9.62. The van der Waals surface area contributed by atoms with Crippen molar-refractivity contribution in [2.75, 3.05) is 19.8 Å². The zero-order valence-corrected chi connectivity index (χ0v) is 23.3. The molecule has 0 bridgehead atoms. The summed E-state index contributed by atoms with van der Waals surface area (Å²) in [6, 6.07) is 12.9. The third kappa shape index (κ3) is 8.31. The molecule has 2 atom stereocenters. The Balaban J connectivity index is 1.24. The lowest BCUT2D eigenvalue weighted by molar-refractivity contribution is -0.0556. The first-order valence-corrected chi connectivity index (χ1v) is 13.7. The molecule has 0 aliphatic heterocycles. The van der Waals surface area contributed by atoms with Gasteiger partial charge >= 0.3 is 5.97 Å². The molecule has 0 amide bonds. The van der Waals surface area contributed by atoms with E-state index in [0.29, 0.717) is 37.4 Å². The molecule has 4 rings (SSSR count). The Labute approximate surface area is 230 Å². The van der Waals surface area contributed by atoms with Crippen LogP contribution in [0.15, 0.2) is 46.9 Å². The highest BCUT2D eigenvalue weighted by Gasteiger charge is 2.24. The molecule has 0 radical (unpaired) electrons. The minimum absolute atomic E-state index is 0.0632. The van der Waals surface area contributed by atoms with E-state index in [9.17, 15) is 9.90 Å². The quantitative estimate of drug-likeness (QED) is 0.243. The lowest BCUT2D eigenvalue weighted by atomic mass is 9.95. The smallest absolute Gasteiger partial charge is 0.339 e. The standard InChI is InChI=1S/C31H39NO7/c1-20(2)18-37-26-11-12-27(31(33)34)29(17-26)36-14-13-35-24-9-6-10-25(16-24)38-19-28-22(4)39-30(32-28)23-8-5-7-21(3)15-23/h5,7-8,11-12,15,17,20,24-25H,6,9-10,13-14,16,18-19H2,1-4H3,(H,33,34)/t24-,25+/m1/s1. The average molecular weight is 538 g/mol. The normalized spacial score (nSPS) is 17.4. The number of hydrogen-bond acceptors (Lipinski definition) is 7. The number of carbonyl (C=O) groups is 1. The van der Waals surface area contributed by atoms with Crippen LogP contribution in [0.25, 0.3) is 11.5 Å². The van der Waals surface area contributed by atoms with Crippen molar-refractivity contribution in [1.82, 2.24) is 4.98 Å². The van der Waals surface area contributed by atoms with Crippen molar-refractivity contribution in [1.29, 1.82) is 0 Å². The number of oxazole rings is 1. The number of nitrogens with zero attached hydrogens (tertiary/aromatic N) is 1. The van der Waals surface area contributed by atoms with Crippen molar-refractivity contribution in [3.05, 3.63) is 65.0 Å². The molecule has 1 aromatic heterocycles. The van der Waals surface area contributed by atoms with Crippen LogP contribution in [0.1, 0.15) is 66.9 Å². The number of aryl methyl sites for hydroxylation is 2. The molecule has 210 valence electrons. The molecule has 2 aromatic carbocycles. The fraction of sp³-hybridized carbons (Fsp3) is 0.484. The molecule has 39 heavy (non-hydrogen) atoms. The van der Waals surface area contributed by atoms with Gasteiger partial charge in [0.25, 0.3) is 0 Å². The lowest BCUT2D eigenvalue weighted by Crippen LogP contribution is -2.29. The fourth-order valence-electron chi connectivity index (χ4n) is 4.58. The summed E-state index contributed by atoms with van der Waals surface area (Å²) < 4.78 is 29.7. The van der Waals surface area contributed by atoms with Gasteiger partial charge in [-0.2, -0.15) is 0 Å². The Morgan fingerprint density at radius 1 is 1.05 bits per heavy atom. The summed E-state index contributed by atoms with van der Waals surface area (Å²) >= 11 is 0. The Hall–Kier alpha value is -3.36. The molecule has 1 aliphatic carbocycles. The molecule has 1 aliphatic rings. The highest BCUT2D eigenvalue weighted by molar-refractivity contribution is 5.91. The molecule has 1 heterocycles. The lowest BCUT2D eigenvalue weighted by Gasteiger charge is -2.29. The second kappa shape index (κ2) is 13.6. The van der Waals surface area contributed by atoms with Gasteiger partial charge in [-0.05, 0) is 69.7 Å². The highest BCUT2D eigenvalue weighted by atomic mass is 16.5. The largest absolute Gasteiger partial charge is 0.493 e. The Morgan fingerprint density at radius 2 is 1.85 bits per heavy atom. The summed E-state index contributed by atoms with van der Waals surface area (Å²) in [6.07, 6.45) is 3.88. The Morgan fingerprint density at radius 3 is 2.59 bits per heavy atom. The van der Waals surface area contributed by atoms with Gasteiger partial charge in [0.05, 0.1) is 32.0 Å². The van der Waals surface area contributed by atoms with Gasteiger partial charge in [-0.25, -0.2) is 9.78 Å². The van der Waals surface area contributed by atoms with Crippen molar-refractivity contribution in [2.24, 2.45) is 5.92 Å². The van der Waals surface area contributed by atoms with Crippen LogP contribution in [-0.4, -0.2) is 48.1 Å². The maximum atomic E-state index is 11.6. The number of rotatable bonds is 13. The van der Waals surface area contributed by atoms with Crippen molar-refractivity contribution in [3.8, 4) is 23.0 Å². The number of ether oxygens (including phenoxy) is 4. The first-order chi connectivity index (χ1) is 18.8. The molecule has 8 nitrogen and oxygen atoms in total. The van der Waals surface area contributed by atoms with E-state index in [-0.39, 0.29) is 30.1 Å². The van der Waals surface area contributed by atoms with Gasteiger partial charge in [0, 0.05) is 11.6 Å². The van der Waals surface area contributed by atoms with E-state index in [1.807, 2.05) is 32.0 Å². The molecule has 1 fully saturated rings. The first kappa shape index (κ1) is 28.6. The van der Waals surface area contributed by atoms with Gasteiger partial charge in [0.2, 0.25) is 5.89 Å². The fourth-order valence-corrected chi connectivity index (χ4v) is 4.58. The maximum Gasteiger partial charge on any atom is 0.339 e. The second-order valence-corrected chi connectivity index (χ2v) is 10.5. The molecule has 0 spiro atoms. The van der Waals surface area contributed by atoms with Gasteiger partial charge in [-0.3, -0.25) is 0 Å². The van der Waals surface area contributed by atoms with Crippen LogP contribution in [0.5, 0.6) is 11.5 Å². The van der Waals surface area contributed by atoms with E-state index in [0.717, 1.165) is 48.3 Å². The SMILES string of the molecule is Cc1cccc(-c2nc(CO[C@H]3CCC[C@@H](OCCOc4cc(OCC(C)C)ccc4C(=O)O)C3)c(C)o2)c1. The average Bonchev–Trinajstić information content (AvgIpc) is 3.29. The first-order valence-electron chi connectivity index (χ1n) is 13.7. The second-order valence-electron chi connectivity index (χ2n) is 10.5. The number of aromatic nitrogens is 1. The van der Waals surface area contributed by atoms with Crippen molar-refractivity contribution < 1.29 is 33.3 Å². The van der Waals surface area contributed by atoms with Gasteiger partial charge < -0.3 is 28.5 Å². The van der Waals surface area contributed by atoms with E-state index < -0.39 is 5.97 Å².